The average Bonchev–Trinajstić information content (AvgIpc) is 2.64. The Morgan fingerprint density at radius 2 is 1.71 bits per heavy atom. The van der Waals surface area contributed by atoms with Crippen molar-refractivity contribution in [1.82, 2.24) is 4.90 Å². The molecule has 24 heavy (non-hydrogen) atoms. The Morgan fingerprint density at radius 1 is 1.04 bits per heavy atom. The van der Waals surface area contributed by atoms with Crippen molar-refractivity contribution in [1.29, 1.82) is 0 Å². The summed E-state index contributed by atoms with van der Waals surface area (Å²) >= 11 is 0. The first-order valence-corrected chi connectivity index (χ1v) is 8.36. The van der Waals surface area contributed by atoms with Gasteiger partial charge >= 0.3 is 5.97 Å². The van der Waals surface area contributed by atoms with Gasteiger partial charge < -0.3 is 9.47 Å². The summed E-state index contributed by atoms with van der Waals surface area (Å²) in [5, 5.41) is 0. The molecule has 2 aromatic rings. The van der Waals surface area contributed by atoms with E-state index in [0.29, 0.717) is 11.3 Å². The minimum Gasteiger partial charge on any atom is -0.496 e. The predicted molar refractivity (Wildman–Crippen MR) is 93.2 cm³/mol. The number of carbonyl (C=O) groups is 1. The van der Waals surface area contributed by atoms with Gasteiger partial charge in [-0.25, -0.2) is 4.79 Å². The van der Waals surface area contributed by atoms with E-state index >= 15 is 0 Å². The normalized spacial score (nSPS) is 15.9. The molecule has 1 aliphatic heterocycles. The number of methoxy groups -OCH3 is 1. The van der Waals surface area contributed by atoms with Crippen LogP contribution in [0.25, 0.3) is 0 Å². The minimum absolute atomic E-state index is 0.0190. The summed E-state index contributed by atoms with van der Waals surface area (Å²) in [6, 6.07) is 17.6. The van der Waals surface area contributed by atoms with Crippen molar-refractivity contribution < 1.29 is 14.3 Å². The molecule has 4 nitrogen and oxygen atoms in total. The second kappa shape index (κ2) is 7.97. The van der Waals surface area contributed by atoms with Crippen molar-refractivity contribution in [3.05, 3.63) is 65.7 Å². The van der Waals surface area contributed by atoms with E-state index in [1.165, 1.54) is 5.56 Å². The Hall–Kier alpha value is -2.33. The minimum atomic E-state index is -0.297. The van der Waals surface area contributed by atoms with Crippen LogP contribution in [0.1, 0.15) is 28.8 Å². The van der Waals surface area contributed by atoms with Crippen molar-refractivity contribution in [3.63, 3.8) is 0 Å². The van der Waals surface area contributed by atoms with Gasteiger partial charge in [0, 0.05) is 19.6 Å². The molecule has 0 saturated carbocycles. The molecule has 2 aromatic carbocycles. The first-order valence-electron chi connectivity index (χ1n) is 8.36. The largest absolute Gasteiger partial charge is 0.496 e. The van der Waals surface area contributed by atoms with Gasteiger partial charge in [0.15, 0.2) is 0 Å². The van der Waals surface area contributed by atoms with Gasteiger partial charge in [0.05, 0.1) is 7.11 Å². The number of benzene rings is 2. The molecule has 1 fully saturated rings. The van der Waals surface area contributed by atoms with Gasteiger partial charge in [-0.1, -0.05) is 42.5 Å². The number of hydrogen-bond donors (Lipinski definition) is 0. The Labute approximate surface area is 143 Å². The lowest BCUT2D eigenvalue weighted by atomic mass is 10.1. The number of carbonyl (C=O) groups excluding carboxylic acids is 1. The molecule has 4 heteroatoms. The molecule has 0 spiro atoms. The molecule has 1 saturated heterocycles. The second-order valence-corrected chi connectivity index (χ2v) is 6.07. The van der Waals surface area contributed by atoms with Crippen molar-refractivity contribution in [3.8, 4) is 5.75 Å². The Balaban J connectivity index is 1.51. The number of esters is 1. The van der Waals surface area contributed by atoms with Crippen LogP contribution in [0, 0.1) is 0 Å². The fourth-order valence-electron chi connectivity index (χ4n) is 3.05. The van der Waals surface area contributed by atoms with Crippen molar-refractivity contribution in [2.24, 2.45) is 0 Å². The maximum Gasteiger partial charge on any atom is 0.342 e. The summed E-state index contributed by atoms with van der Waals surface area (Å²) in [5.41, 5.74) is 1.81. The Kier molecular flexibility index (Phi) is 5.49. The summed E-state index contributed by atoms with van der Waals surface area (Å²) in [6.45, 7) is 2.84. The lowest BCUT2D eigenvalue weighted by Crippen LogP contribution is -2.37. The van der Waals surface area contributed by atoms with Gasteiger partial charge in [-0.05, 0) is 30.5 Å². The number of ether oxygens (including phenoxy) is 2. The molecule has 3 rings (SSSR count). The third kappa shape index (κ3) is 4.15. The highest BCUT2D eigenvalue weighted by molar-refractivity contribution is 5.92. The molecule has 1 heterocycles. The van der Waals surface area contributed by atoms with Gasteiger partial charge in [0.25, 0.3) is 0 Å². The van der Waals surface area contributed by atoms with Crippen LogP contribution in [0.2, 0.25) is 0 Å². The van der Waals surface area contributed by atoms with Crippen molar-refractivity contribution in [2.45, 2.75) is 25.5 Å². The number of likely N-dealkylation sites (tertiary alicyclic amines) is 1. The van der Waals surface area contributed by atoms with Gasteiger partial charge in [-0.15, -0.1) is 0 Å². The highest BCUT2D eigenvalue weighted by Crippen LogP contribution is 2.22. The van der Waals surface area contributed by atoms with Crippen LogP contribution in [0.5, 0.6) is 5.75 Å². The highest BCUT2D eigenvalue weighted by atomic mass is 16.5. The van der Waals surface area contributed by atoms with Crippen LogP contribution >= 0.6 is 0 Å². The zero-order chi connectivity index (χ0) is 16.8. The summed E-state index contributed by atoms with van der Waals surface area (Å²) in [4.78, 5) is 14.8. The predicted octanol–water partition coefficient (Wildman–Crippen LogP) is 3.52. The molecule has 0 radical (unpaired) electrons. The quantitative estimate of drug-likeness (QED) is 0.789. The smallest absolute Gasteiger partial charge is 0.342 e. The topological polar surface area (TPSA) is 38.8 Å². The van der Waals surface area contributed by atoms with Crippen LogP contribution in [0.4, 0.5) is 0 Å². The van der Waals surface area contributed by atoms with Crippen molar-refractivity contribution in [2.75, 3.05) is 20.2 Å². The average molecular weight is 325 g/mol. The summed E-state index contributed by atoms with van der Waals surface area (Å²) in [5.74, 6) is 0.262. The zero-order valence-electron chi connectivity index (χ0n) is 14.0. The molecule has 0 aromatic heterocycles. The van der Waals surface area contributed by atoms with Gasteiger partial charge in [-0.2, -0.15) is 0 Å². The van der Waals surface area contributed by atoms with Crippen molar-refractivity contribution >= 4 is 5.97 Å². The lowest BCUT2D eigenvalue weighted by Gasteiger charge is -2.31. The first kappa shape index (κ1) is 16.5. The third-order valence-electron chi connectivity index (χ3n) is 4.38. The molecule has 126 valence electrons. The van der Waals surface area contributed by atoms with Gasteiger partial charge in [0.2, 0.25) is 0 Å². The number of piperidine rings is 1. The Morgan fingerprint density at radius 3 is 2.42 bits per heavy atom. The number of para-hydroxylation sites is 1. The van der Waals surface area contributed by atoms with Crippen LogP contribution in [-0.2, 0) is 11.3 Å². The fourth-order valence-corrected chi connectivity index (χ4v) is 3.05. The molecule has 0 amide bonds. The molecule has 0 unspecified atom stereocenters. The van der Waals surface area contributed by atoms with E-state index in [1.807, 2.05) is 18.2 Å². The zero-order valence-corrected chi connectivity index (χ0v) is 14.0. The highest BCUT2D eigenvalue weighted by Gasteiger charge is 2.24. The van der Waals surface area contributed by atoms with Gasteiger partial charge in [0.1, 0.15) is 17.4 Å². The molecule has 1 aliphatic rings. The fraction of sp³-hybridized carbons (Fsp3) is 0.350. The van der Waals surface area contributed by atoms with Crippen LogP contribution in [-0.4, -0.2) is 37.2 Å². The van der Waals surface area contributed by atoms with E-state index in [4.69, 9.17) is 9.47 Å². The molecule has 0 aliphatic carbocycles. The number of nitrogens with zero attached hydrogens (tertiary/aromatic N) is 1. The summed E-state index contributed by atoms with van der Waals surface area (Å²) in [6.07, 6.45) is 1.72. The lowest BCUT2D eigenvalue weighted by molar-refractivity contribution is 0.0101. The first-order chi connectivity index (χ1) is 11.8. The van der Waals surface area contributed by atoms with Gasteiger partial charge in [-0.3, -0.25) is 4.90 Å². The van der Waals surface area contributed by atoms with E-state index < -0.39 is 0 Å². The van der Waals surface area contributed by atoms with E-state index in [2.05, 4.69) is 29.2 Å². The SMILES string of the molecule is COc1ccccc1C(=O)OC1CCN(Cc2ccccc2)CC1. The third-order valence-corrected chi connectivity index (χ3v) is 4.38. The molecule has 0 atom stereocenters. The molecular weight excluding hydrogens is 302 g/mol. The van der Waals surface area contributed by atoms with E-state index in [9.17, 15) is 4.79 Å². The van der Waals surface area contributed by atoms with Crippen LogP contribution < -0.4 is 4.74 Å². The number of hydrogen-bond acceptors (Lipinski definition) is 4. The van der Waals surface area contributed by atoms with Crippen LogP contribution in [0.15, 0.2) is 54.6 Å². The number of rotatable bonds is 5. The standard InChI is InChI=1S/C20H23NO3/c1-23-19-10-6-5-9-18(19)20(22)24-17-11-13-21(14-12-17)15-16-7-3-2-4-8-16/h2-10,17H,11-15H2,1H3. The maximum atomic E-state index is 12.3. The monoisotopic (exact) mass is 325 g/mol. The van der Waals surface area contributed by atoms with E-state index in [-0.39, 0.29) is 12.1 Å². The molecular formula is C20H23NO3. The maximum absolute atomic E-state index is 12.3. The summed E-state index contributed by atoms with van der Waals surface area (Å²) in [7, 11) is 1.56. The second-order valence-electron chi connectivity index (χ2n) is 6.07. The van der Waals surface area contributed by atoms with Crippen LogP contribution in [0.3, 0.4) is 0 Å². The van der Waals surface area contributed by atoms with E-state index in [1.54, 1.807) is 19.2 Å². The van der Waals surface area contributed by atoms with E-state index in [0.717, 1.165) is 32.5 Å². The summed E-state index contributed by atoms with van der Waals surface area (Å²) < 4.78 is 10.9. The Bertz CT molecular complexity index is 664. The molecule has 0 N–H and O–H groups in total. The molecule has 0 bridgehead atoms.